The smallest absolute Gasteiger partial charge is 0.240 e. The molecule has 114 valence electrons. The third-order valence-corrected chi connectivity index (χ3v) is 5.51. The Labute approximate surface area is 133 Å². The fraction of sp³-hybridized carbons (Fsp3) is 0.308. The molecule has 8 heteroatoms. The molecule has 0 atom stereocenters. The molecular weight excluding hydrogens is 332 g/mol. The Kier molecular flexibility index (Phi) is 5.21. The first-order valence-electron chi connectivity index (χ1n) is 6.16. The maximum Gasteiger partial charge on any atom is 0.240 e. The Morgan fingerprint density at radius 1 is 1.43 bits per heavy atom. The van der Waals surface area contributed by atoms with Crippen molar-refractivity contribution in [2.45, 2.75) is 18.2 Å². The van der Waals surface area contributed by atoms with Crippen LogP contribution in [0.25, 0.3) is 0 Å². The van der Waals surface area contributed by atoms with E-state index < -0.39 is 10.0 Å². The minimum atomic E-state index is -3.58. The maximum atomic E-state index is 12.2. The van der Waals surface area contributed by atoms with E-state index in [0.717, 1.165) is 10.7 Å². The Morgan fingerprint density at radius 2 is 2.19 bits per heavy atom. The molecule has 0 saturated heterocycles. The van der Waals surface area contributed by atoms with Crippen LogP contribution < -0.4 is 9.46 Å². The highest BCUT2D eigenvalue weighted by Crippen LogP contribution is 2.26. The van der Waals surface area contributed by atoms with E-state index in [4.69, 9.17) is 16.3 Å². The second kappa shape index (κ2) is 6.74. The Morgan fingerprint density at radius 3 is 2.76 bits per heavy atom. The summed E-state index contributed by atoms with van der Waals surface area (Å²) in [6.07, 6.45) is 0.557. The molecule has 1 N–H and O–H groups in total. The molecule has 2 aromatic rings. The van der Waals surface area contributed by atoms with Crippen molar-refractivity contribution in [3.05, 3.63) is 39.3 Å². The molecule has 0 aliphatic heterocycles. The van der Waals surface area contributed by atoms with Gasteiger partial charge in [0.1, 0.15) is 5.75 Å². The van der Waals surface area contributed by atoms with Gasteiger partial charge in [0.2, 0.25) is 10.0 Å². The lowest BCUT2D eigenvalue weighted by Crippen LogP contribution is -2.26. The van der Waals surface area contributed by atoms with E-state index in [2.05, 4.69) is 9.71 Å². The van der Waals surface area contributed by atoms with Crippen molar-refractivity contribution in [3.8, 4) is 5.75 Å². The van der Waals surface area contributed by atoms with Crippen LogP contribution in [0.5, 0.6) is 5.75 Å². The molecule has 0 aliphatic rings. The number of nitrogens with one attached hydrogen (secondary N) is 1. The zero-order valence-electron chi connectivity index (χ0n) is 11.6. The monoisotopic (exact) mass is 346 g/mol. The van der Waals surface area contributed by atoms with Crippen LogP contribution in [0.3, 0.4) is 0 Å². The van der Waals surface area contributed by atoms with E-state index in [-0.39, 0.29) is 9.92 Å². The minimum absolute atomic E-state index is 0.114. The molecule has 1 aromatic carbocycles. The lowest BCUT2D eigenvalue weighted by Gasteiger charge is -2.08. The van der Waals surface area contributed by atoms with Crippen LogP contribution in [0.4, 0.5) is 0 Å². The minimum Gasteiger partial charge on any atom is -0.495 e. The van der Waals surface area contributed by atoms with Crippen LogP contribution in [-0.2, 0) is 16.4 Å². The zero-order valence-corrected chi connectivity index (χ0v) is 14.0. The third kappa shape index (κ3) is 4.16. The number of halogens is 1. The fourth-order valence-electron chi connectivity index (χ4n) is 1.71. The fourth-order valence-corrected chi connectivity index (χ4v) is 3.86. The van der Waals surface area contributed by atoms with Gasteiger partial charge in [0.05, 0.1) is 22.0 Å². The van der Waals surface area contributed by atoms with Crippen molar-refractivity contribution in [1.82, 2.24) is 9.71 Å². The molecule has 0 fully saturated rings. The highest BCUT2D eigenvalue weighted by molar-refractivity contribution is 7.89. The second-order valence-corrected chi connectivity index (χ2v) is 7.44. The quantitative estimate of drug-likeness (QED) is 0.873. The van der Waals surface area contributed by atoms with Crippen LogP contribution in [0.1, 0.15) is 10.7 Å². The number of methoxy groups -OCH3 is 1. The van der Waals surface area contributed by atoms with Gasteiger partial charge in [-0.15, -0.1) is 11.3 Å². The first kappa shape index (κ1) is 16.2. The van der Waals surface area contributed by atoms with E-state index in [1.54, 1.807) is 0 Å². The lowest BCUT2D eigenvalue weighted by atomic mass is 10.3. The Hall–Kier alpha value is -1.15. The predicted octanol–water partition coefficient (Wildman–Crippen LogP) is 2.63. The lowest BCUT2D eigenvalue weighted by molar-refractivity contribution is 0.414. The van der Waals surface area contributed by atoms with Crippen molar-refractivity contribution < 1.29 is 13.2 Å². The van der Waals surface area contributed by atoms with Crippen LogP contribution in [0, 0.1) is 6.92 Å². The summed E-state index contributed by atoms with van der Waals surface area (Å²) in [5.74, 6) is 0.439. The van der Waals surface area contributed by atoms with Crippen molar-refractivity contribution in [2.24, 2.45) is 0 Å². The van der Waals surface area contributed by atoms with Gasteiger partial charge in [-0.1, -0.05) is 11.6 Å². The molecule has 0 spiro atoms. The standard InChI is InChI=1S/C13H15ClN2O3S2/c1-9-8-20-13(16-9)5-6-15-21(17,18)10-3-4-12(19-2)11(14)7-10/h3-4,7-8,15H,5-6H2,1-2H3. The van der Waals surface area contributed by atoms with Crippen LogP contribution in [0.15, 0.2) is 28.5 Å². The first-order chi connectivity index (χ1) is 9.92. The number of thiazole rings is 1. The van der Waals surface area contributed by atoms with Gasteiger partial charge in [0, 0.05) is 24.0 Å². The van der Waals surface area contributed by atoms with Crippen LogP contribution >= 0.6 is 22.9 Å². The largest absolute Gasteiger partial charge is 0.495 e. The summed E-state index contributed by atoms with van der Waals surface area (Å²) in [6, 6.07) is 4.36. The number of rotatable bonds is 6. The highest BCUT2D eigenvalue weighted by atomic mass is 35.5. The molecule has 0 saturated carbocycles. The highest BCUT2D eigenvalue weighted by Gasteiger charge is 2.15. The van der Waals surface area contributed by atoms with Gasteiger partial charge in [0.15, 0.2) is 0 Å². The summed E-state index contributed by atoms with van der Waals surface area (Å²) in [7, 11) is -2.11. The summed E-state index contributed by atoms with van der Waals surface area (Å²) >= 11 is 7.46. The van der Waals surface area contributed by atoms with Gasteiger partial charge in [-0.3, -0.25) is 0 Å². The maximum absolute atomic E-state index is 12.2. The number of hydrogen-bond donors (Lipinski definition) is 1. The van der Waals surface area contributed by atoms with Gasteiger partial charge in [-0.2, -0.15) is 0 Å². The molecule has 0 aliphatic carbocycles. The normalized spacial score (nSPS) is 11.6. The number of benzene rings is 1. The molecular formula is C13H15ClN2O3S2. The van der Waals surface area contributed by atoms with E-state index in [1.165, 1.54) is 36.6 Å². The zero-order chi connectivity index (χ0) is 15.5. The van der Waals surface area contributed by atoms with Gasteiger partial charge >= 0.3 is 0 Å². The summed E-state index contributed by atoms with van der Waals surface area (Å²) < 4.78 is 31.8. The van der Waals surface area contributed by atoms with Gasteiger partial charge < -0.3 is 4.74 Å². The first-order valence-corrected chi connectivity index (χ1v) is 8.90. The summed E-state index contributed by atoms with van der Waals surface area (Å²) in [5.41, 5.74) is 0.944. The molecule has 0 unspecified atom stereocenters. The van der Waals surface area contributed by atoms with Crippen LogP contribution in [-0.4, -0.2) is 27.1 Å². The summed E-state index contributed by atoms with van der Waals surface area (Å²) in [4.78, 5) is 4.40. The van der Waals surface area contributed by atoms with Crippen molar-refractivity contribution >= 4 is 33.0 Å². The van der Waals surface area contributed by atoms with E-state index in [9.17, 15) is 8.42 Å². The molecule has 0 radical (unpaired) electrons. The molecule has 1 aromatic heterocycles. The number of nitrogens with zero attached hydrogens (tertiary/aromatic N) is 1. The second-order valence-electron chi connectivity index (χ2n) is 4.33. The predicted molar refractivity (Wildman–Crippen MR) is 83.7 cm³/mol. The molecule has 0 amide bonds. The molecule has 21 heavy (non-hydrogen) atoms. The molecule has 5 nitrogen and oxygen atoms in total. The Balaban J connectivity index is 2.02. The van der Waals surface area contributed by atoms with E-state index >= 15 is 0 Å². The van der Waals surface area contributed by atoms with E-state index in [0.29, 0.717) is 18.7 Å². The van der Waals surface area contributed by atoms with Crippen molar-refractivity contribution in [2.75, 3.05) is 13.7 Å². The van der Waals surface area contributed by atoms with Gasteiger partial charge in [-0.25, -0.2) is 18.1 Å². The van der Waals surface area contributed by atoms with Crippen molar-refractivity contribution in [3.63, 3.8) is 0 Å². The number of ether oxygens (including phenoxy) is 1. The Bertz CT molecular complexity index is 729. The van der Waals surface area contributed by atoms with Crippen LogP contribution in [0.2, 0.25) is 5.02 Å². The van der Waals surface area contributed by atoms with E-state index in [1.807, 2.05) is 12.3 Å². The van der Waals surface area contributed by atoms with Crippen molar-refractivity contribution in [1.29, 1.82) is 0 Å². The average Bonchev–Trinajstić information content (AvgIpc) is 2.84. The number of hydrogen-bond acceptors (Lipinski definition) is 5. The van der Waals surface area contributed by atoms with Gasteiger partial charge in [-0.05, 0) is 25.1 Å². The third-order valence-electron chi connectivity index (χ3n) is 2.73. The SMILES string of the molecule is COc1ccc(S(=O)(=O)NCCc2nc(C)cs2)cc1Cl. The van der Waals surface area contributed by atoms with Gasteiger partial charge in [0.25, 0.3) is 0 Å². The average molecular weight is 347 g/mol. The number of aryl methyl sites for hydroxylation is 1. The molecule has 0 bridgehead atoms. The topological polar surface area (TPSA) is 68.3 Å². The summed E-state index contributed by atoms with van der Waals surface area (Å²) in [6.45, 7) is 2.20. The summed E-state index contributed by atoms with van der Waals surface area (Å²) in [5, 5.41) is 3.10. The number of sulfonamides is 1. The molecule has 2 rings (SSSR count). The molecule has 1 heterocycles. The number of aromatic nitrogens is 1.